The van der Waals surface area contributed by atoms with E-state index in [0.717, 1.165) is 16.9 Å². The lowest BCUT2D eigenvalue weighted by atomic mass is 10.2. The third-order valence-corrected chi connectivity index (χ3v) is 5.71. The normalized spacial score (nSPS) is 10.4. The van der Waals surface area contributed by atoms with Crippen LogP contribution < -0.4 is 10.9 Å². The predicted molar refractivity (Wildman–Crippen MR) is 96.2 cm³/mol. The highest BCUT2D eigenvalue weighted by Crippen LogP contribution is 2.22. The van der Waals surface area contributed by atoms with Crippen LogP contribution in [0.25, 0.3) is 0 Å². The lowest BCUT2D eigenvalue weighted by Gasteiger charge is -2.06. The van der Waals surface area contributed by atoms with E-state index in [1.165, 1.54) is 28.0 Å². The Labute approximate surface area is 148 Å². The van der Waals surface area contributed by atoms with Gasteiger partial charge in [-0.15, -0.1) is 23.1 Å². The standard InChI is InChI=1S/C16H17ClN2O2S2/c1-3-13-10(2)8-14(23-13)16(21)19-18-15(20)9-22-12-6-4-11(17)5-7-12/h4-8H,3,9H2,1-2H3,(H,18,20)(H,19,21). The van der Waals surface area contributed by atoms with Crippen molar-refractivity contribution in [1.29, 1.82) is 0 Å². The number of hydrazine groups is 1. The van der Waals surface area contributed by atoms with Crippen LogP contribution in [0.3, 0.4) is 0 Å². The maximum atomic E-state index is 12.0. The van der Waals surface area contributed by atoms with Crippen molar-refractivity contribution < 1.29 is 9.59 Å². The molecule has 0 fully saturated rings. The zero-order valence-corrected chi connectivity index (χ0v) is 15.2. The zero-order valence-electron chi connectivity index (χ0n) is 12.8. The molecule has 0 unspecified atom stereocenters. The topological polar surface area (TPSA) is 58.2 Å². The van der Waals surface area contributed by atoms with E-state index in [0.29, 0.717) is 9.90 Å². The molecule has 4 nitrogen and oxygen atoms in total. The van der Waals surface area contributed by atoms with Crippen LogP contribution in [-0.4, -0.2) is 17.6 Å². The molecule has 0 aliphatic carbocycles. The summed E-state index contributed by atoms with van der Waals surface area (Å²) in [4.78, 5) is 26.5. The van der Waals surface area contributed by atoms with Crippen molar-refractivity contribution in [2.24, 2.45) is 0 Å². The zero-order chi connectivity index (χ0) is 16.8. The highest BCUT2D eigenvalue weighted by Gasteiger charge is 2.12. The Bertz CT molecular complexity index is 699. The smallest absolute Gasteiger partial charge is 0.272 e. The molecule has 122 valence electrons. The van der Waals surface area contributed by atoms with E-state index in [2.05, 4.69) is 17.8 Å². The van der Waals surface area contributed by atoms with E-state index in [-0.39, 0.29) is 17.6 Å². The van der Waals surface area contributed by atoms with Gasteiger partial charge in [-0.2, -0.15) is 0 Å². The number of hydrogen-bond acceptors (Lipinski definition) is 4. The maximum absolute atomic E-state index is 12.0. The number of carbonyl (C=O) groups is 2. The van der Waals surface area contributed by atoms with Crippen molar-refractivity contribution in [2.45, 2.75) is 25.2 Å². The number of halogens is 1. The van der Waals surface area contributed by atoms with E-state index in [1.807, 2.05) is 25.1 Å². The summed E-state index contributed by atoms with van der Waals surface area (Å²) in [5.74, 6) is -0.337. The van der Waals surface area contributed by atoms with Crippen molar-refractivity contribution in [3.63, 3.8) is 0 Å². The number of aryl methyl sites for hydroxylation is 2. The number of nitrogens with one attached hydrogen (secondary N) is 2. The monoisotopic (exact) mass is 368 g/mol. The largest absolute Gasteiger partial charge is 0.279 e. The molecule has 0 saturated heterocycles. The van der Waals surface area contributed by atoms with Crippen LogP contribution in [0.2, 0.25) is 5.02 Å². The number of carbonyl (C=O) groups excluding carboxylic acids is 2. The van der Waals surface area contributed by atoms with E-state index >= 15 is 0 Å². The van der Waals surface area contributed by atoms with Gasteiger partial charge in [-0.05, 0) is 49.2 Å². The summed E-state index contributed by atoms with van der Waals surface area (Å²) in [6, 6.07) is 9.08. The van der Waals surface area contributed by atoms with Crippen molar-refractivity contribution in [2.75, 3.05) is 5.75 Å². The first-order chi connectivity index (χ1) is 11.0. The first kappa shape index (κ1) is 17.8. The minimum absolute atomic E-state index is 0.214. The fourth-order valence-corrected chi connectivity index (χ4v) is 3.72. The van der Waals surface area contributed by atoms with Gasteiger partial charge in [0.1, 0.15) is 0 Å². The van der Waals surface area contributed by atoms with Crippen LogP contribution in [0.15, 0.2) is 35.2 Å². The predicted octanol–water partition coefficient (Wildman–Crippen LogP) is 3.83. The quantitative estimate of drug-likeness (QED) is 0.623. The molecule has 23 heavy (non-hydrogen) atoms. The number of benzene rings is 1. The molecule has 2 amide bonds. The van der Waals surface area contributed by atoms with Gasteiger partial charge in [0.15, 0.2) is 0 Å². The van der Waals surface area contributed by atoms with Crippen LogP contribution >= 0.6 is 34.7 Å². The number of hydrogen-bond donors (Lipinski definition) is 2. The molecular weight excluding hydrogens is 352 g/mol. The van der Waals surface area contributed by atoms with Gasteiger partial charge in [0.25, 0.3) is 5.91 Å². The Morgan fingerprint density at radius 2 is 1.91 bits per heavy atom. The molecule has 0 radical (unpaired) electrons. The number of thioether (sulfide) groups is 1. The molecule has 2 N–H and O–H groups in total. The van der Waals surface area contributed by atoms with Crippen LogP contribution in [0.4, 0.5) is 0 Å². The summed E-state index contributed by atoms with van der Waals surface area (Å²) in [7, 11) is 0. The fourth-order valence-electron chi connectivity index (χ4n) is 1.89. The lowest BCUT2D eigenvalue weighted by molar-refractivity contribution is -0.119. The number of thiophene rings is 1. The van der Waals surface area contributed by atoms with E-state index < -0.39 is 0 Å². The van der Waals surface area contributed by atoms with Crippen molar-refractivity contribution in [3.05, 3.63) is 50.7 Å². The molecule has 0 spiro atoms. The Balaban J connectivity index is 1.79. The summed E-state index contributed by atoms with van der Waals surface area (Å²) in [6.45, 7) is 4.03. The average Bonchev–Trinajstić information content (AvgIpc) is 2.93. The second-order valence-corrected chi connectivity index (χ2v) is 7.44. The molecule has 0 saturated carbocycles. The highest BCUT2D eigenvalue weighted by molar-refractivity contribution is 8.00. The summed E-state index contributed by atoms with van der Waals surface area (Å²) < 4.78 is 0. The molecule has 0 bridgehead atoms. The van der Waals surface area contributed by atoms with Crippen LogP contribution in [0.5, 0.6) is 0 Å². The van der Waals surface area contributed by atoms with Gasteiger partial charge in [0.2, 0.25) is 5.91 Å². The molecule has 0 aliphatic heterocycles. The average molecular weight is 369 g/mol. The molecular formula is C16H17ClN2O2S2. The van der Waals surface area contributed by atoms with Gasteiger partial charge in [0, 0.05) is 14.8 Å². The van der Waals surface area contributed by atoms with Crippen molar-refractivity contribution in [3.8, 4) is 0 Å². The first-order valence-electron chi connectivity index (χ1n) is 7.06. The van der Waals surface area contributed by atoms with E-state index in [9.17, 15) is 9.59 Å². The van der Waals surface area contributed by atoms with Gasteiger partial charge < -0.3 is 0 Å². The summed E-state index contributed by atoms with van der Waals surface area (Å²) >= 11 is 8.63. The second kappa shape index (κ2) is 8.38. The minimum atomic E-state index is -0.289. The third kappa shape index (κ3) is 5.27. The fraction of sp³-hybridized carbons (Fsp3) is 0.250. The maximum Gasteiger partial charge on any atom is 0.279 e. The van der Waals surface area contributed by atoms with E-state index in [1.54, 1.807) is 12.1 Å². The summed E-state index contributed by atoms with van der Waals surface area (Å²) in [6.07, 6.45) is 0.897. The van der Waals surface area contributed by atoms with Crippen LogP contribution in [0, 0.1) is 6.92 Å². The summed E-state index contributed by atoms with van der Waals surface area (Å²) in [5, 5.41) is 0.656. The Morgan fingerprint density at radius 3 is 2.52 bits per heavy atom. The molecule has 1 heterocycles. The molecule has 0 atom stereocenters. The number of rotatable bonds is 5. The SMILES string of the molecule is CCc1sc(C(=O)NNC(=O)CSc2ccc(Cl)cc2)cc1C. The molecule has 1 aromatic carbocycles. The Morgan fingerprint density at radius 1 is 1.22 bits per heavy atom. The Hall–Kier alpha value is -1.50. The Kier molecular flexibility index (Phi) is 6.50. The van der Waals surface area contributed by atoms with Crippen molar-refractivity contribution in [1.82, 2.24) is 10.9 Å². The highest BCUT2D eigenvalue weighted by atomic mass is 35.5. The molecule has 7 heteroatoms. The molecule has 1 aromatic heterocycles. The first-order valence-corrected chi connectivity index (χ1v) is 9.24. The third-order valence-electron chi connectivity index (χ3n) is 3.06. The van der Waals surface area contributed by atoms with Gasteiger partial charge in [-0.3, -0.25) is 20.4 Å². The minimum Gasteiger partial charge on any atom is -0.272 e. The van der Waals surface area contributed by atoms with Gasteiger partial charge >= 0.3 is 0 Å². The number of amides is 2. The van der Waals surface area contributed by atoms with Gasteiger partial charge in [0.05, 0.1) is 10.6 Å². The van der Waals surface area contributed by atoms with E-state index in [4.69, 9.17) is 11.6 Å². The van der Waals surface area contributed by atoms with Gasteiger partial charge in [-0.1, -0.05) is 18.5 Å². The molecule has 2 rings (SSSR count). The van der Waals surface area contributed by atoms with Crippen LogP contribution in [-0.2, 0) is 11.2 Å². The van der Waals surface area contributed by atoms with Crippen molar-refractivity contribution >= 4 is 46.5 Å². The molecule has 2 aromatic rings. The summed E-state index contributed by atoms with van der Waals surface area (Å²) in [5.41, 5.74) is 5.98. The molecule has 0 aliphatic rings. The lowest BCUT2D eigenvalue weighted by Crippen LogP contribution is -2.42. The second-order valence-electron chi connectivity index (χ2n) is 4.82. The van der Waals surface area contributed by atoms with Gasteiger partial charge in [-0.25, -0.2) is 0 Å². The van der Waals surface area contributed by atoms with Crippen LogP contribution in [0.1, 0.15) is 27.0 Å².